The third kappa shape index (κ3) is 2.97. The van der Waals surface area contributed by atoms with E-state index in [-0.39, 0.29) is 18.0 Å². The first-order valence-corrected chi connectivity index (χ1v) is 8.57. The molecule has 0 unspecified atom stereocenters. The molecule has 4 rings (SSSR count). The second-order valence-corrected chi connectivity index (χ2v) is 6.47. The summed E-state index contributed by atoms with van der Waals surface area (Å²) >= 11 is 1.30. The Kier molecular flexibility index (Phi) is 4.01. The van der Waals surface area contributed by atoms with Gasteiger partial charge >= 0.3 is 0 Å². The lowest BCUT2D eigenvalue weighted by Crippen LogP contribution is -2.28. The van der Waals surface area contributed by atoms with Crippen LogP contribution in [0.4, 0.5) is 5.13 Å². The van der Waals surface area contributed by atoms with Gasteiger partial charge in [0.1, 0.15) is 12.9 Å². The van der Waals surface area contributed by atoms with Gasteiger partial charge in [0.15, 0.2) is 16.3 Å². The Balaban J connectivity index is 1.66. The topological polar surface area (TPSA) is 108 Å². The molecule has 0 aliphatic rings. The van der Waals surface area contributed by atoms with Crippen molar-refractivity contribution >= 4 is 33.5 Å². The number of carbonyl (C=O) groups is 1. The minimum atomic E-state index is -0.428. The Bertz CT molecular complexity index is 1150. The summed E-state index contributed by atoms with van der Waals surface area (Å²) in [5.74, 6) is -0.366. The predicted octanol–water partition coefficient (Wildman–Crippen LogP) is 1.38. The van der Waals surface area contributed by atoms with Gasteiger partial charge in [0, 0.05) is 11.6 Å². The molecular formula is C16H13N7O2S. The highest BCUT2D eigenvalue weighted by Gasteiger charge is 2.15. The van der Waals surface area contributed by atoms with Crippen LogP contribution in [0.25, 0.3) is 16.9 Å². The van der Waals surface area contributed by atoms with Crippen molar-refractivity contribution in [2.45, 2.75) is 13.5 Å². The summed E-state index contributed by atoms with van der Waals surface area (Å²) in [5.41, 5.74) is 1.84. The number of carbonyl (C=O) groups excluding carboxylic acids is 1. The lowest BCUT2D eigenvalue weighted by molar-refractivity contribution is -0.116. The van der Waals surface area contributed by atoms with Crippen LogP contribution in [-0.2, 0) is 11.3 Å². The fraction of sp³-hybridized carbons (Fsp3) is 0.125. The lowest BCUT2D eigenvalue weighted by Gasteiger charge is -2.05. The van der Waals surface area contributed by atoms with E-state index in [2.05, 4.69) is 25.6 Å². The van der Waals surface area contributed by atoms with Crippen molar-refractivity contribution in [3.8, 4) is 5.69 Å². The molecule has 1 N–H and O–H groups in total. The largest absolute Gasteiger partial charge is 0.300 e. The zero-order valence-electron chi connectivity index (χ0n) is 13.7. The molecule has 130 valence electrons. The van der Waals surface area contributed by atoms with E-state index in [1.54, 1.807) is 11.6 Å². The summed E-state index contributed by atoms with van der Waals surface area (Å²) < 4.78 is 2.70. The van der Waals surface area contributed by atoms with E-state index < -0.39 is 5.56 Å². The van der Waals surface area contributed by atoms with Gasteiger partial charge in [-0.2, -0.15) is 4.68 Å². The molecule has 4 aromatic rings. The molecule has 26 heavy (non-hydrogen) atoms. The summed E-state index contributed by atoms with van der Waals surface area (Å²) in [5, 5.41) is 12.8. The third-order valence-corrected chi connectivity index (χ3v) is 4.36. The normalized spacial score (nSPS) is 11.0. The van der Waals surface area contributed by atoms with Crippen LogP contribution in [0.1, 0.15) is 5.56 Å². The van der Waals surface area contributed by atoms with Gasteiger partial charge in [-0.3, -0.25) is 14.2 Å². The van der Waals surface area contributed by atoms with Crippen molar-refractivity contribution in [1.29, 1.82) is 0 Å². The molecule has 0 aliphatic carbocycles. The van der Waals surface area contributed by atoms with Gasteiger partial charge < -0.3 is 5.32 Å². The monoisotopic (exact) mass is 367 g/mol. The molecule has 1 amide bonds. The number of hydrogen-bond donors (Lipinski definition) is 1. The van der Waals surface area contributed by atoms with Gasteiger partial charge in [-0.25, -0.2) is 9.97 Å². The number of aromatic nitrogens is 6. The SMILES string of the molecule is Cc1cccc(-n2nnc3c(=O)n(CC(=O)Nc4nccs4)cnc32)c1. The highest BCUT2D eigenvalue weighted by atomic mass is 32.1. The number of fused-ring (bicyclic) bond motifs is 1. The molecule has 10 heteroatoms. The smallest absolute Gasteiger partial charge is 0.284 e. The molecule has 0 bridgehead atoms. The highest BCUT2D eigenvalue weighted by molar-refractivity contribution is 7.13. The average Bonchev–Trinajstić information content (AvgIpc) is 3.27. The maximum atomic E-state index is 12.6. The second-order valence-electron chi connectivity index (χ2n) is 5.58. The van der Waals surface area contributed by atoms with Crippen molar-refractivity contribution in [2.24, 2.45) is 0 Å². The number of amides is 1. The van der Waals surface area contributed by atoms with Gasteiger partial charge in [0.2, 0.25) is 5.91 Å². The van der Waals surface area contributed by atoms with Crippen LogP contribution in [0.5, 0.6) is 0 Å². The van der Waals surface area contributed by atoms with Crippen molar-refractivity contribution in [2.75, 3.05) is 5.32 Å². The van der Waals surface area contributed by atoms with Crippen LogP contribution >= 0.6 is 11.3 Å². The van der Waals surface area contributed by atoms with Crippen molar-refractivity contribution in [3.63, 3.8) is 0 Å². The molecule has 3 aromatic heterocycles. The van der Waals surface area contributed by atoms with Crippen molar-refractivity contribution < 1.29 is 4.79 Å². The Morgan fingerprint density at radius 3 is 2.96 bits per heavy atom. The maximum Gasteiger partial charge on any atom is 0.284 e. The molecule has 0 saturated heterocycles. The molecule has 0 spiro atoms. The van der Waals surface area contributed by atoms with Gasteiger partial charge in [-0.1, -0.05) is 17.3 Å². The molecule has 0 fully saturated rings. The minimum absolute atomic E-state index is 0.107. The van der Waals surface area contributed by atoms with E-state index >= 15 is 0 Å². The van der Waals surface area contributed by atoms with Gasteiger partial charge in [0.25, 0.3) is 5.56 Å². The number of benzene rings is 1. The lowest BCUT2D eigenvalue weighted by atomic mass is 10.2. The van der Waals surface area contributed by atoms with Crippen molar-refractivity contribution in [1.82, 2.24) is 29.5 Å². The number of rotatable bonds is 4. The fourth-order valence-electron chi connectivity index (χ4n) is 2.49. The third-order valence-electron chi connectivity index (χ3n) is 3.67. The Labute approximate surface area is 150 Å². The van der Waals surface area contributed by atoms with Crippen LogP contribution in [0.15, 0.2) is 47.0 Å². The molecule has 0 aliphatic heterocycles. The van der Waals surface area contributed by atoms with Crippen LogP contribution in [-0.4, -0.2) is 35.4 Å². The number of aryl methyl sites for hydroxylation is 1. The Morgan fingerprint density at radius 2 is 2.19 bits per heavy atom. The molecule has 1 aromatic carbocycles. The van der Waals surface area contributed by atoms with Crippen LogP contribution < -0.4 is 10.9 Å². The van der Waals surface area contributed by atoms with Crippen molar-refractivity contribution in [3.05, 3.63) is 58.1 Å². The summed E-state index contributed by atoms with van der Waals surface area (Å²) in [7, 11) is 0. The fourth-order valence-corrected chi connectivity index (χ4v) is 3.03. The molecule has 3 heterocycles. The number of anilines is 1. The summed E-state index contributed by atoms with van der Waals surface area (Å²) in [6.07, 6.45) is 2.91. The zero-order valence-corrected chi connectivity index (χ0v) is 14.5. The minimum Gasteiger partial charge on any atom is -0.300 e. The number of nitrogens with zero attached hydrogens (tertiary/aromatic N) is 6. The molecule has 0 radical (unpaired) electrons. The molecule has 0 atom stereocenters. The zero-order chi connectivity index (χ0) is 18.1. The van der Waals surface area contributed by atoms with E-state index in [4.69, 9.17) is 0 Å². The quantitative estimate of drug-likeness (QED) is 0.584. The number of thiazole rings is 1. The summed E-state index contributed by atoms with van der Waals surface area (Å²) in [4.78, 5) is 32.9. The van der Waals surface area contributed by atoms with E-state index in [0.717, 1.165) is 11.3 Å². The van der Waals surface area contributed by atoms with Gasteiger partial charge in [-0.05, 0) is 24.6 Å². The van der Waals surface area contributed by atoms with E-state index in [1.807, 2.05) is 31.2 Å². The van der Waals surface area contributed by atoms with E-state index in [1.165, 1.54) is 26.9 Å². The van der Waals surface area contributed by atoms with Crippen LogP contribution in [0.3, 0.4) is 0 Å². The van der Waals surface area contributed by atoms with Gasteiger partial charge in [-0.15, -0.1) is 16.4 Å². The molecule has 9 nitrogen and oxygen atoms in total. The van der Waals surface area contributed by atoms with Crippen LogP contribution in [0, 0.1) is 6.92 Å². The van der Waals surface area contributed by atoms with E-state index in [9.17, 15) is 9.59 Å². The average molecular weight is 367 g/mol. The second kappa shape index (κ2) is 6.48. The predicted molar refractivity (Wildman–Crippen MR) is 96.4 cm³/mol. The number of nitrogens with one attached hydrogen (secondary N) is 1. The number of hydrogen-bond acceptors (Lipinski definition) is 7. The standard InChI is InChI=1S/C16H13N7O2S/c1-10-3-2-4-11(7-10)23-14-13(20-21-23)15(25)22(9-18-14)8-12(24)19-16-17-5-6-26-16/h2-7,9H,8H2,1H3,(H,17,19,24). The first-order valence-electron chi connectivity index (χ1n) is 7.69. The Hall–Kier alpha value is -3.40. The first kappa shape index (κ1) is 16.1. The summed E-state index contributed by atoms with van der Waals surface area (Å²) in [6.45, 7) is 1.78. The molecular weight excluding hydrogens is 354 g/mol. The van der Waals surface area contributed by atoms with Gasteiger partial charge in [0.05, 0.1) is 5.69 Å². The van der Waals surface area contributed by atoms with E-state index in [0.29, 0.717) is 10.8 Å². The molecule has 0 saturated carbocycles. The first-order chi connectivity index (χ1) is 12.6. The highest BCUT2D eigenvalue weighted by Crippen LogP contribution is 2.13. The maximum absolute atomic E-state index is 12.6. The Morgan fingerprint density at radius 1 is 1.31 bits per heavy atom. The summed E-state index contributed by atoms with van der Waals surface area (Å²) in [6, 6.07) is 7.63. The van der Waals surface area contributed by atoms with Crippen LogP contribution in [0.2, 0.25) is 0 Å².